The van der Waals surface area contributed by atoms with Gasteiger partial charge in [0, 0.05) is 6.54 Å². The van der Waals surface area contributed by atoms with Gasteiger partial charge in [0.2, 0.25) is 0 Å². The minimum atomic E-state index is 0.590. The van der Waals surface area contributed by atoms with Gasteiger partial charge < -0.3 is 5.73 Å². The lowest BCUT2D eigenvalue weighted by molar-refractivity contribution is 0.795. The molecule has 1 heteroatoms. The topological polar surface area (TPSA) is 26.0 Å². The lowest BCUT2D eigenvalue weighted by atomic mass is 9.96. The smallest absolute Gasteiger partial charge is 0.0184 e. The molecule has 0 aliphatic heterocycles. The van der Waals surface area contributed by atoms with Crippen LogP contribution in [0.1, 0.15) is 36.5 Å². The third-order valence-electron chi connectivity index (χ3n) is 3.57. The number of hydrogen-bond acceptors (Lipinski definition) is 1. The summed E-state index contributed by atoms with van der Waals surface area (Å²) >= 11 is 0. The number of hydrogen-bond donors (Lipinski definition) is 1. The van der Waals surface area contributed by atoms with Gasteiger partial charge in [0.05, 0.1) is 0 Å². The average Bonchev–Trinajstić information content (AvgIpc) is 2.45. The van der Waals surface area contributed by atoms with Crippen molar-refractivity contribution >= 4 is 0 Å². The molecule has 2 aromatic carbocycles. The molecule has 0 spiro atoms. The highest BCUT2D eigenvalue weighted by molar-refractivity contribution is 5.68. The molecule has 0 aliphatic rings. The fourth-order valence-electron chi connectivity index (χ4n) is 2.37. The van der Waals surface area contributed by atoms with Crippen molar-refractivity contribution in [3.63, 3.8) is 0 Å². The van der Waals surface area contributed by atoms with E-state index in [1.807, 2.05) is 0 Å². The van der Waals surface area contributed by atoms with Crippen molar-refractivity contribution in [2.75, 3.05) is 0 Å². The molecule has 0 aromatic heterocycles. The second kappa shape index (κ2) is 6.53. The van der Waals surface area contributed by atoms with E-state index >= 15 is 0 Å². The fourth-order valence-corrected chi connectivity index (χ4v) is 2.37. The van der Waals surface area contributed by atoms with Gasteiger partial charge in [-0.3, -0.25) is 0 Å². The van der Waals surface area contributed by atoms with E-state index in [1.165, 1.54) is 47.1 Å². The summed E-state index contributed by atoms with van der Waals surface area (Å²) in [6.07, 6.45) is 3.68. The van der Waals surface area contributed by atoms with E-state index in [0.717, 1.165) is 0 Å². The van der Waals surface area contributed by atoms with Gasteiger partial charge in [-0.2, -0.15) is 0 Å². The maximum absolute atomic E-state index is 5.83. The third-order valence-corrected chi connectivity index (χ3v) is 3.57. The molecule has 0 saturated carbocycles. The van der Waals surface area contributed by atoms with E-state index < -0.39 is 0 Å². The number of rotatable bonds is 5. The van der Waals surface area contributed by atoms with Gasteiger partial charge >= 0.3 is 0 Å². The Morgan fingerprint density at radius 1 is 1.00 bits per heavy atom. The number of benzene rings is 2. The molecule has 100 valence electrons. The number of nitrogens with two attached hydrogens (primary N) is 1. The maximum Gasteiger partial charge on any atom is 0.0184 e. The number of aryl methyl sites for hydroxylation is 2. The molecule has 0 heterocycles. The molecule has 0 saturated heterocycles. The molecule has 2 aromatic rings. The van der Waals surface area contributed by atoms with E-state index in [0.29, 0.717) is 6.54 Å². The van der Waals surface area contributed by atoms with Crippen molar-refractivity contribution in [1.82, 2.24) is 0 Å². The largest absolute Gasteiger partial charge is 0.326 e. The molecule has 0 aliphatic carbocycles. The van der Waals surface area contributed by atoms with Crippen molar-refractivity contribution in [3.05, 3.63) is 59.2 Å². The van der Waals surface area contributed by atoms with Crippen molar-refractivity contribution in [2.45, 2.75) is 39.7 Å². The SMILES string of the molecule is CCCCc1ccc(-c2cc(C)ccc2CN)cc1. The van der Waals surface area contributed by atoms with Gasteiger partial charge in [0.1, 0.15) is 0 Å². The predicted molar refractivity (Wildman–Crippen MR) is 83.1 cm³/mol. The van der Waals surface area contributed by atoms with Gasteiger partial charge in [0.25, 0.3) is 0 Å². The Bertz CT molecular complexity index is 526. The van der Waals surface area contributed by atoms with Crippen LogP contribution < -0.4 is 5.73 Å². The summed E-state index contributed by atoms with van der Waals surface area (Å²) in [5.41, 5.74) is 12.3. The van der Waals surface area contributed by atoms with Gasteiger partial charge in [0.15, 0.2) is 0 Å². The first-order valence-electron chi connectivity index (χ1n) is 7.13. The monoisotopic (exact) mass is 253 g/mol. The zero-order valence-corrected chi connectivity index (χ0v) is 11.9. The van der Waals surface area contributed by atoms with Crippen LogP contribution >= 0.6 is 0 Å². The van der Waals surface area contributed by atoms with Gasteiger partial charge in [-0.05, 0) is 42.0 Å². The third kappa shape index (κ3) is 3.45. The molecule has 0 amide bonds. The second-order valence-corrected chi connectivity index (χ2v) is 5.17. The minimum Gasteiger partial charge on any atom is -0.326 e. The van der Waals surface area contributed by atoms with Crippen LogP contribution in [0.15, 0.2) is 42.5 Å². The summed E-state index contributed by atoms with van der Waals surface area (Å²) in [6.45, 7) is 4.95. The molecule has 19 heavy (non-hydrogen) atoms. The molecule has 0 fully saturated rings. The Morgan fingerprint density at radius 3 is 2.37 bits per heavy atom. The van der Waals surface area contributed by atoms with Crippen LogP contribution in [-0.4, -0.2) is 0 Å². The molecule has 2 rings (SSSR count). The first-order valence-corrected chi connectivity index (χ1v) is 7.13. The van der Waals surface area contributed by atoms with E-state index in [4.69, 9.17) is 5.73 Å². The average molecular weight is 253 g/mol. The van der Waals surface area contributed by atoms with Crippen LogP contribution in [0.4, 0.5) is 0 Å². The van der Waals surface area contributed by atoms with Crippen LogP contribution in [0.3, 0.4) is 0 Å². The standard InChI is InChI=1S/C18H23N/c1-3-4-5-15-7-10-16(11-8-15)18-12-14(2)6-9-17(18)13-19/h6-12H,3-5,13,19H2,1-2H3. The predicted octanol–water partition coefficient (Wildman–Crippen LogP) is 4.46. The lowest BCUT2D eigenvalue weighted by Crippen LogP contribution is -1.99. The zero-order chi connectivity index (χ0) is 13.7. The van der Waals surface area contributed by atoms with Crippen molar-refractivity contribution in [1.29, 1.82) is 0 Å². The Kier molecular flexibility index (Phi) is 4.75. The zero-order valence-electron chi connectivity index (χ0n) is 11.9. The maximum atomic E-state index is 5.83. The Balaban J connectivity index is 2.29. The summed E-state index contributed by atoms with van der Waals surface area (Å²) in [4.78, 5) is 0. The van der Waals surface area contributed by atoms with Gasteiger partial charge in [-0.15, -0.1) is 0 Å². The van der Waals surface area contributed by atoms with E-state index in [2.05, 4.69) is 56.3 Å². The molecule has 2 N–H and O–H groups in total. The summed E-state index contributed by atoms with van der Waals surface area (Å²) in [5.74, 6) is 0. The molecule has 1 nitrogen and oxygen atoms in total. The summed E-state index contributed by atoms with van der Waals surface area (Å²) in [6, 6.07) is 15.4. The summed E-state index contributed by atoms with van der Waals surface area (Å²) < 4.78 is 0. The highest BCUT2D eigenvalue weighted by Gasteiger charge is 2.04. The van der Waals surface area contributed by atoms with Crippen LogP contribution in [0.5, 0.6) is 0 Å². The molecule has 0 radical (unpaired) electrons. The van der Waals surface area contributed by atoms with Crippen LogP contribution in [0.25, 0.3) is 11.1 Å². The highest BCUT2D eigenvalue weighted by Crippen LogP contribution is 2.25. The van der Waals surface area contributed by atoms with Crippen LogP contribution in [0.2, 0.25) is 0 Å². The Labute approximate surface area is 116 Å². The Morgan fingerprint density at radius 2 is 1.74 bits per heavy atom. The molecule has 0 unspecified atom stereocenters. The normalized spacial score (nSPS) is 10.7. The molecular weight excluding hydrogens is 230 g/mol. The number of unbranched alkanes of at least 4 members (excludes halogenated alkanes) is 1. The molecule has 0 bridgehead atoms. The van der Waals surface area contributed by atoms with Crippen LogP contribution in [-0.2, 0) is 13.0 Å². The summed E-state index contributed by atoms with van der Waals surface area (Å²) in [5, 5.41) is 0. The Hall–Kier alpha value is -1.60. The summed E-state index contributed by atoms with van der Waals surface area (Å²) in [7, 11) is 0. The van der Waals surface area contributed by atoms with Crippen molar-refractivity contribution in [3.8, 4) is 11.1 Å². The molecule has 0 atom stereocenters. The van der Waals surface area contributed by atoms with E-state index in [9.17, 15) is 0 Å². The van der Waals surface area contributed by atoms with Crippen LogP contribution in [0, 0.1) is 6.92 Å². The quantitative estimate of drug-likeness (QED) is 0.836. The van der Waals surface area contributed by atoms with E-state index in [-0.39, 0.29) is 0 Å². The fraction of sp³-hybridized carbons (Fsp3) is 0.333. The van der Waals surface area contributed by atoms with Crippen molar-refractivity contribution < 1.29 is 0 Å². The highest BCUT2D eigenvalue weighted by atomic mass is 14.5. The lowest BCUT2D eigenvalue weighted by Gasteiger charge is -2.10. The second-order valence-electron chi connectivity index (χ2n) is 5.17. The van der Waals surface area contributed by atoms with Crippen molar-refractivity contribution in [2.24, 2.45) is 5.73 Å². The first kappa shape index (κ1) is 13.8. The van der Waals surface area contributed by atoms with Gasteiger partial charge in [-0.25, -0.2) is 0 Å². The minimum absolute atomic E-state index is 0.590. The van der Waals surface area contributed by atoms with Gasteiger partial charge in [-0.1, -0.05) is 61.4 Å². The first-order chi connectivity index (χ1) is 9.24. The van der Waals surface area contributed by atoms with E-state index in [1.54, 1.807) is 0 Å². The molecular formula is C18H23N.